The van der Waals surface area contributed by atoms with Crippen molar-refractivity contribution in [3.63, 3.8) is 0 Å². The van der Waals surface area contributed by atoms with E-state index in [4.69, 9.17) is 17.3 Å². The van der Waals surface area contributed by atoms with Gasteiger partial charge in [-0.1, -0.05) is 54.7 Å². The largest absolute Gasteiger partial charge is 0.396 e. The molecule has 94 valence electrons. The first-order valence-corrected chi connectivity index (χ1v) is 6.56. The number of hydrogen-bond donors (Lipinski definition) is 1. The van der Waals surface area contributed by atoms with Crippen LogP contribution in [0.1, 0.15) is 32.6 Å². The number of aliphatic hydroxyl groups excluding tert-OH is 1. The summed E-state index contributed by atoms with van der Waals surface area (Å²) in [6, 6.07) is 13.0. The van der Waals surface area contributed by atoms with E-state index in [1.165, 1.54) is 0 Å². The van der Waals surface area contributed by atoms with Gasteiger partial charge in [0.1, 0.15) is 0 Å². The van der Waals surface area contributed by atoms with Gasteiger partial charge in [0.25, 0.3) is 0 Å². The van der Waals surface area contributed by atoms with E-state index in [0.717, 1.165) is 16.7 Å². The first kappa shape index (κ1) is 12.2. The molecule has 1 aliphatic carbocycles. The molecule has 0 radical (unpaired) electrons. The predicted molar refractivity (Wildman–Crippen MR) is 77.9 cm³/mol. The van der Waals surface area contributed by atoms with Gasteiger partial charge in [-0.2, -0.15) is 0 Å². The smallest absolute Gasteiger partial charge is 0.194 e. The summed E-state index contributed by atoms with van der Waals surface area (Å²) < 4.78 is 0. The van der Waals surface area contributed by atoms with Crippen LogP contribution in [0.5, 0.6) is 0 Å². The second-order valence-electron chi connectivity index (χ2n) is 4.52. The van der Waals surface area contributed by atoms with Crippen LogP contribution >= 0.6 is 12.2 Å². The third-order valence-corrected chi connectivity index (χ3v) is 3.84. The topological polar surface area (TPSA) is 37.3 Å². The van der Waals surface area contributed by atoms with Crippen LogP contribution in [0.25, 0.3) is 0 Å². The molecular weight excluding hydrogens is 256 g/mol. The molecule has 0 saturated heterocycles. The summed E-state index contributed by atoms with van der Waals surface area (Å²) in [7, 11) is 0. The predicted octanol–water partition coefficient (Wildman–Crippen LogP) is 2.53. The minimum atomic E-state index is 0.0130. The van der Waals surface area contributed by atoms with Gasteiger partial charge in [0.15, 0.2) is 5.78 Å². The zero-order valence-electron chi connectivity index (χ0n) is 10.2. The number of carbonyl (C=O) groups is 1. The number of fused-ring (bicyclic) bond motifs is 2. The monoisotopic (exact) mass is 268 g/mol. The van der Waals surface area contributed by atoms with Crippen LogP contribution in [0.15, 0.2) is 42.5 Å². The highest BCUT2D eigenvalue weighted by Crippen LogP contribution is 2.30. The number of aliphatic hydroxyl groups is 1. The maximum Gasteiger partial charge on any atom is 0.194 e. The first-order chi connectivity index (χ1) is 9.24. The van der Waals surface area contributed by atoms with Crippen molar-refractivity contribution >= 4 is 22.9 Å². The Labute approximate surface area is 116 Å². The Bertz CT molecular complexity index is 689. The van der Waals surface area contributed by atoms with E-state index < -0.39 is 0 Å². The second-order valence-corrected chi connectivity index (χ2v) is 4.93. The lowest BCUT2D eigenvalue weighted by molar-refractivity contribution is 0.103. The fourth-order valence-electron chi connectivity index (χ4n) is 2.55. The molecule has 0 heterocycles. The molecule has 0 amide bonds. The Balaban J connectivity index is 2.27. The fraction of sp³-hybridized carbons (Fsp3) is 0.125. The van der Waals surface area contributed by atoms with Gasteiger partial charge >= 0.3 is 0 Å². The number of ketones is 1. The molecule has 3 heteroatoms. The molecule has 0 unspecified atom stereocenters. The van der Waals surface area contributed by atoms with Crippen LogP contribution < -0.4 is 0 Å². The molecule has 0 saturated carbocycles. The summed E-state index contributed by atoms with van der Waals surface area (Å²) in [4.78, 5) is 13.2. The number of benzene rings is 2. The van der Waals surface area contributed by atoms with Crippen molar-refractivity contribution in [2.24, 2.45) is 0 Å². The van der Waals surface area contributed by atoms with Crippen molar-refractivity contribution in [3.05, 3.63) is 70.3 Å². The number of carbonyl (C=O) groups excluding carboxylic acids is 1. The molecule has 0 fully saturated rings. The van der Waals surface area contributed by atoms with Crippen molar-refractivity contribution in [1.29, 1.82) is 0 Å². The molecule has 0 bridgehead atoms. The van der Waals surface area contributed by atoms with Crippen molar-refractivity contribution in [3.8, 4) is 0 Å². The quantitative estimate of drug-likeness (QED) is 0.726. The van der Waals surface area contributed by atoms with Gasteiger partial charge in [-0.05, 0) is 12.0 Å². The maximum atomic E-state index is 12.5. The molecule has 2 aromatic carbocycles. The van der Waals surface area contributed by atoms with Gasteiger partial charge in [-0.15, -0.1) is 0 Å². The van der Waals surface area contributed by atoms with Gasteiger partial charge in [0.05, 0.1) is 4.86 Å². The van der Waals surface area contributed by atoms with E-state index in [1.807, 2.05) is 36.4 Å². The standard InChI is InChI=1S/C16H12O2S/c17-9-8-10-4-3-7-13-14(10)16(19)12-6-2-1-5-11(12)15(13)18/h1-7,17H,8-9H2. The summed E-state index contributed by atoms with van der Waals surface area (Å²) in [5.74, 6) is 0.0130. The Morgan fingerprint density at radius 1 is 0.947 bits per heavy atom. The Kier molecular flexibility index (Phi) is 3.01. The van der Waals surface area contributed by atoms with E-state index in [-0.39, 0.29) is 12.4 Å². The van der Waals surface area contributed by atoms with Gasteiger partial charge in [0.2, 0.25) is 0 Å². The molecule has 0 spiro atoms. The lowest BCUT2D eigenvalue weighted by Crippen LogP contribution is -2.22. The van der Waals surface area contributed by atoms with Crippen molar-refractivity contribution in [1.82, 2.24) is 0 Å². The second kappa shape index (κ2) is 4.68. The molecule has 0 aromatic heterocycles. The van der Waals surface area contributed by atoms with Crippen LogP contribution in [0.2, 0.25) is 0 Å². The van der Waals surface area contributed by atoms with Crippen molar-refractivity contribution in [2.45, 2.75) is 6.42 Å². The molecule has 1 N–H and O–H groups in total. The highest BCUT2D eigenvalue weighted by Gasteiger charge is 2.28. The minimum Gasteiger partial charge on any atom is -0.396 e. The summed E-state index contributed by atoms with van der Waals surface area (Å²) in [5.41, 5.74) is 3.89. The third-order valence-electron chi connectivity index (χ3n) is 3.42. The number of rotatable bonds is 2. The zero-order valence-corrected chi connectivity index (χ0v) is 11.0. The van der Waals surface area contributed by atoms with E-state index >= 15 is 0 Å². The zero-order chi connectivity index (χ0) is 13.4. The van der Waals surface area contributed by atoms with Crippen LogP contribution in [0.3, 0.4) is 0 Å². The fourth-order valence-corrected chi connectivity index (χ4v) is 2.96. The van der Waals surface area contributed by atoms with E-state index in [9.17, 15) is 4.79 Å². The lowest BCUT2D eigenvalue weighted by atomic mass is 9.82. The van der Waals surface area contributed by atoms with Crippen molar-refractivity contribution < 1.29 is 9.90 Å². The van der Waals surface area contributed by atoms with Crippen LogP contribution in [0.4, 0.5) is 0 Å². The Hall–Kier alpha value is -1.84. The summed E-state index contributed by atoms with van der Waals surface area (Å²) in [6.07, 6.45) is 0.513. The minimum absolute atomic E-state index is 0.0130. The van der Waals surface area contributed by atoms with Crippen LogP contribution in [-0.4, -0.2) is 22.4 Å². The third kappa shape index (κ3) is 1.82. The number of thiocarbonyl (C=S) groups is 1. The molecule has 1 aliphatic rings. The first-order valence-electron chi connectivity index (χ1n) is 6.15. The van der Waals surface area contributed by atoms with E-state index in [2.05, 4.69) is 0 Å². The van der Waals surface area contributed by atoms with Gasteiger partial charge in [-0.25, -0.2) is 0 Å². The average molecular weight is 268 g/mol. The maximum absolute atomic E-state index is 12.5. The molecule has 19 heavy (non-hydrogen) atoms. The summed E-state index contributed by atoms with van der Waals surface area (Å²) in [6.45, 7) is 0.0505. The molecular formula is C16H12O2S. The molecule has 2 aromatic rings. The SMILES string of the molecule is O=C1c2ccccc2C(=S)c2c(CCO)cccc21. The van der Waals surface area contributed by atoms with Gasteiger partial charge in [-0.3, -0.25) is 4.79 Å². The molecule has 3 rings (SSSR count). The van der Waals surface area contributed by atoms with Crippen molar-refractivity contribution in [2.75, 3.05) is 6.61 Å². The van der Waals surface area contributed by atoms with Gasteiger partial charge < -0.3 is 5.11 Å². The molecule has 2 nitrogen and oxygen atoms in total. The van der Waals surface area contributed by atoms with Crippen LogP contribution in [-0.2, 0) is 6.42 Å². The number of hydrogen-bond acceptors (Lipinski definition) is 3. The van der Waals surface area contributed by atoms with Gasteiger partial charge in [0, 0.05) is 28.9 Å². The Morgan fingerprint density at radius 3 is 2.37 bits per heavy atom. The molecule has 0 aliphatic heterocycles. The van der Waals surface area contributed by atoms with Crippen LogP contribution in [0, 0.1) is 0 Å². The Morgan fingerprint density at radius 2 is 1.63 bits per heavy atom. The summed E-state index contributed by atoms with van der Waals surface area (Å²) >= 11 is 5.54. The van der Waals surface area contributed by atoms with E-state index in [1.54, 1.807) is 6.07 Å². The average Bonchev–Trinajstić information content (AvgIpc) is 2.45. The van der Waals surface area contributed by atoms with E-state index in [0.29, 0.717) is 22.4 Å². The highest BCUT2D eigenvalue weighted by atomic mass is 32.1. The lowest BCUT2D eigenvalue weighted by Gasteiger charge is -2.21. The summed E-state index contributed by atoms with van der Waals surface area (Å²) in [5, 5.41) is 9.14. The molecule has 0 atom stereocenters. The highest BCUT2D eigenvalue weighted by molar-refractivity contribution is 7.81. The normalized spacial score (nSPS) is 13.1.